The Morgan fingerprint density at radius 2 is 1.68 bits per heavy atom. The number of sulfone groups is 1. The van der Waals surface area contributed by atoms with Gasteiger partial charge >= 0.3 is 0 Å². The smallest absolute Gasteiger partial charge is 0.153 e. The van der Waals surface area contributed by atoms with Crippen molar-refractivity contribution in [3.8, 4) is 0 Å². The van der Waals surface area contributed by atoms with Crippen LogP contribution in [0.15, 0.2) is 30.3 Å². The van der Waals surface area contributed by atoms with E-state index in [9.17, 15) is 8.42 Å². The predicted octanol–water partition coefficient (Wildman–Crippen LogP) is 2.59. The van der Waals surface area contributed by atoms with Crippen molar-refractivity contribution < 1.29 is 8.42 Å². The van der Waals surface area contributed by atoms with Crippen LogP contribution < -0.4 is 5.32 Å². The molecule has 0 bridgehead atoms. The van der Waals surface area contributed by atoms with E-state index in [0.717, 1.165) is 13.0 Å². The number of nitrogens with one attached hydrogen (secondary N) is 1. The third-order valence-corrected chi connectivity index (χ3v) is 5.61. The van der Waals surface area contributed by atoms with Gasteiger partial charge in [0.25, 0.3) is 0 Å². The lowest BCUT2D eigenvalue weighted by atomic mass is 9.98. The topological polar surface area (TPSA) is 46.2 Å². The van der Waals surface area contributed by atoms with Crippen LogP contribution in [0.25, 0.3) is 0 Å². The quantitative estimate of drug-likeness (QED) is 0.746. The molecular formula is C15H25NO2S. The van der Waals surface area contributed by atoms with Crippen LogP contribution >= 0.6 is 0 Å². The number of benzene rings is 1. The van der Waals surface area contributed by atoms with Gasteiger partial charge in [-0.25, -0.2) is 8.42 Å². The fourth-order valence-corrected chi connectivity index (χ4v) is 2.74. The molecule has 0 radical (unpaired) electrons. The van der Waals surface area contributed by atoms with Crippen LogP contribution in [-0.2, 0) is 9.84 Å². The molecule has 1 aromatic rings. The molecule has 0 aliphatic rings. The molecule has 0 saturated heterocycles. The molecule has 3 nitrogen and oxygen atoms in total. The van der Waals surface area contributed by atoms with E-state index in [0.29, 0.717) is 12.5 Å². The van der Waals surface area contributed by atoms with Crippen molar-refractivity contribution in [2.24, 2.45) is 0 Å². The Balaban J connectivity index is 2.22. The predicted molar refractivity (Wildman–Crippen MR) is 81.3 cm³/mol. The molecule has 1 atom stereocenters. The van der Waals surface area contributed by atoms with Crippen molar-refractivity contribution in [2.45, 2.75) is 38.4 Å². The first-order valence-corrected chi connectivity index (χ1v) is 8.62. The summed E-state index contributed by atoms with van der Waals surface area (Å²) in [6.45, 7) is 7.05. The van der Waals surface area contributed by atoms with Gasteiger partial charge in [-0.05, 0) is 38.3 Å². The van der Waals surface area contributed by atoms with E-state index >= 15 is 0 Å². The van der Waals surface area contributed by atoms with Gasteiger partial charge in [-0.1, -0.05) is 37.3 Å². The Bertz CT molecular complexity index is 454. The maximum atomic E-state index is 11.6. The van der Waals surface area contributed by atoms with Gasteiger partial charge in [0.15, 0.2) is 9.84 Å². The van der Waals surface area contributed by atoms with Crippen molar-refractivity contribution in [1.29, 1.82) is 0 Å². The second-order valence-corrected chi connectivity index (χ2v) is 7.94. The maximum Gasteiger partial charge on any atom is 0.153 e. The monoisotopic (exact) mass is 283 g/mol. The first-order chi connectivity index (χ1) is 8.93. The molecule has 19 heavy (non-hydrogen) atoms. The van der Waals surface area contributed by atoms with Crippen LogP contribution in [0.4, 0.5) is 0 Å². The minimum atomic E-state index is -2.91. The molecule has 0 saturated carbocycles. The highest BCUT2D eigenvalue weighted by Crippen LogP contribution is 2.17. The zero-order chi connectivity index (χ0) is 14.3. The Kier molecular flexibility index (Phi) is 6.52. The average Bonchev–Trinajstić information content (AvgIpc) is 2.38. The summed E-state index contributed by atoms with van der Waals surface area (Å²) in [5, 5.41) is 2.94. The highest BCUT2D eigenvalue weighted by molar-refractivity contribution is 7.92. The van der Waals surface area contributed by atoms with E-state index in [-0.39, 0.29) is 11.0 Å². The highest BCUT2D eigenvalue weighted by atomic mass is 32.2. The van der Waals surface area contributed by atoms with Crippen molar-refractivity contribution in [1.82, 2.24) is 5.32 Å². The molecule has 0 spiro atoms. The van der Waals surface area contributed by atoms with Gasteiger partial charge in [-0.15, -0.1) is 0 Å². The fraction of sp³-hybridized carbons (Fsp3) is 0.600. The molecule has 0 heterocycles. The van der Waals surface area contributed by atoms with Crippen LogP contribution in [0, 0.1) is 0 Å². The third-order valence-electron chi connectivity index (χ3n) is 3.40. The maximum absolute atomic E-state index is 11.6. The largest absolute Gasteiger partial charge is 0.316 e. The van der Waals surface area contributed by atoms with Gasteiger partial charge in [0.05, 0.1) is 11.0 Å². The second kappa shape index (κ2) is 7.65. The molecular weight excluding hydrogens is 258 g/mol. The second-order valence-electron chi connectivity index (χ2n) is 5.27. The summed E-state index contributed by atoms with van der Waals surface area (Å²) < 4.78 is 23.2. The standard InChI is InChI=1S/C15H25NO2S/c1-13(2)19(17,18)12-11-16-10-9-14(3)15-7-5-4-6-8-15/h4-8,13-14,16H,9-12H2,1-3H3. The van der Waals surface area contributed by atoms with E-state index in [1.54, 1.807) is 13.8 Å². The van der Waals surface area contributed by atoms with Gasteiger partial charge in [0.1, 0.15) is 0 Å². The van der Waals surface area contributed by atoms with Gasteiger partial charge in [-0.2, -0.15) is 0 Å². The SMILES string of the molecule is CC(CCNCCS(=O)(=O)C(C)C)c1ccccc1. The van der Waals surface area contributed by atoms with Crippen molar-refractivity contribution in [3.63, 3.8) is 0 Å². The molecule has 0 aromatic heterocycles. The summed E-state index contributed by atoms with van der Waals surface area (Å²) in [6.07, 6.45) is 1.02. The van der Waals surface area contributed by atoms with Gasteiger partial charge in [-0.3, -0.25) is 0 Å². The Hall–Kier alpha value is -0.870. The third kappa shape index (κ3) is 5.74. The van der Waals surface area contributed by atoms with Crippen LogP contribution in [0.1, 0.15) is 38.7 Å². The van der Waals surface area contributed by atoms with E-state index < -0.39 is 9.84 Å². The molecule has 1 N–H and O–H groups in total. The zero-order valence-corrected chi connectivity index (χ0v) is 12.9. The van der Waals surface area contributed by atoms with E-state index in [4.69, 9.17) is 0 Å². The van der Waals surface area contributed by atoms with Crippen molar-refractivity contribution in [2.75, 3.05) is 18.8 Å². The summed E-state index contributed by atoms with van der Waals surface area (Å²) >= 11 is 0. The van der Waals surface area contributed by atoms with Crippen molar-refractivity contribution in [3.05, 3.63) is 35.9 Å². The normalized spacial score (nSPS) is 13.7. The first-order valence-electron chi connectivity index (χ1n) is 6.90. The summed E-state index contributed by atoms with van der Waals surface area (Å²) in [7, 11) is -2.91. The lowest BCUT2D eigenvalue weighted by molar-refractivity contribution is 0.575. The van der Waals surface area contributed by atoms with Crippen molar-refractivity contribution >= 4 is 9.84 Å². The summed E-state index contributed by atoms with van der Waals surface area (Å²) in [4.78, 5) is 0. The first kappa shape index (κ1) is 16.2. The lowest BCUT2D eigenvalue weighted by Gasteiger charge is -2.13. The Labute approximate surface area is 117 Å². The lowest BCUT2D eigenvalue weighted by Crippen LogP contribution is -2.28. The number of hydrogen-bond acceptors (Lipinski definition) is 3. The summed E-state index contributed by atoms with van der Waals surface area (Å²) in [5.74, 6) is 0.722. The summed E-state index contributed by atoms with van der Waals surface area (Å²) in [5.41, 5.74) is 1.33. The highest BCUT2D eigenvalue weighted by Gasteiger charge is 2.14. The van der Waals surface area contributed by atoms with E-state index in [1.807, 2.05) is 6.07 Å². The molecule has 0 amide bonds. The van der Waals surface area contributed by atoms with Crippen LogP contribution in [0.2, 0.25) is 0 Å². The van der Waals surface area contributed by atoms with E-state index in [2.05, 4.69) is 36.5 Å². The zero-order valence-electron chi connectivity index (χ0n) is 12.1. The Morgan fingerprint density at radius 3 is 2.26 bits per heavy atom. The van der Waals surface area contributed by atoms with Gasteiger partial charge in [0.2, 0.25) is 0 Å². The van der Waals surface area contributed by atoms with Gasteiger partial charge < -0.3 is 5.32 Å². The fourth-order valence-electron chi connectivity index (χ4n) is 1.84. The van der Waals surface area contributed by atoms with Crippen LogP contribution in [0.3, 0.4) is 0 Å². The molecule has 1 rings (SSSR count). The molecule has 0 aliphatic heterocycles. The molecule has 0 aliphatic carbocycles. The number of hydrogen-bond donors (Lipinski definition) is 1. The molecule has 1 unspecified atom stereocenters. The average molecular weight is 283 g/mol. The van der Waals surface area contributed by atoms with Crippen LogP contribution in [0.5, 0.6) is 0 Å². The summed E-state index contributed by atoms with van der Waals surface area (Å²) in [6, 6.07) is 10.4. The Morgan fingerprint density at radius 1 is 1.05 bits per heavy atom. The molecule has 0 fully saturated rings. The van der Waals surface area contributed by atoms with Gasteiger partial charge in [0, 0.05) is 6.54 Å². The minimum absolute atomic E-state index is 0.227. The van der Waals surface area contributed by atoms with Crippen LogP contribution in [-0.4, -0.2) is 32.5 Å². The molecule has 108 valence electrons. The minimum Gasteiger partial charge on any atom is -0.316 e. The molecule has 1 aromatic carbocycles. The molecule has 4 heteroatoms. The number of rotatable bonds is 8. The van der Waals surface area contributed by atoms with E-state index in [1.165, 1.54) is 5.56 Å².